The standard InChI is InChI=1S/C27H19BrIN3O4/c1-3-10-35-25-20(29)11-16(12-23(25)34-2)15-30-32-26(31-21-7-5-4-6-19(21)27(32)33)24-14-17-13-18(28)8-9-22(17)36-24/h3-9,11-15H,1,10H2,2H3. The maximum absolute atomic E-state index is 13.5. The molecule has 0 radical (unpaired) electrons. The fraction of sp³-hybridized carbons (Fsp3) is 0.0741. The van der Waals surface area contributed by atoms with Gasteiger partial charge in [0.2, 0.25) is 5.82 Å². The number of nitrogens with zero attached hydrogens (tertiary/aromatic N) is 3. The topological polar surface area (TPSA) is 78.9 Å². The largest absolute Gasteiger partial charge is 0.493 e. The minimum Gasteiger partial charge on any atom is -0.493 e. The average Bonchev–Trinajstić information content (AvgIpc) is 3.30. The molecule has 0 fully saturated rings. The van der Waals surface area contributed by atoms with Crippen LogP contribution in [-0.2, 0) is 0 Å². The number of rotatable bonds is 7. The molecule has 0 bridgehead atoms. The van der Waals surface area contributed by atoms with Gasteiger partial charge in [0.05, 0.1) is 27.8 Å². The van der Waals surface area contributed by atoms with Gasteiger partial charge in [0.25, 0.3) is 5.56 Å². The van der Waals surface area contributed by atoms with Crippen LogP contribution in [0.15, 0.2) is 92.1 Å². The molecule has 2 heterocycles. The molecule has 0 unspecified atom stereocenters. The van der Waals surface area contributed by atoms with E-state index in [1.54, 1.807) is 43.7 Å². The van der Waals surface area contributed by atoms with E-state index in [0.29, 0.717) is 46.2 Å². The summed E-state index contributed by atoms with van der Waals surface area (Å²) in [5.74, 6) is 1.91. The smallest absolute Gasteiger partial charge is 0.282 e. The Balaban J connectivity index is 1.66. The summed E-state index contributed by atoms with van der Waals surface area (Å²) in [4.78, 5) is 18.2. The minimum atomic E-state index is -0.305. The fourth-order valence-corrected chi connectivity index (χ4v) is 4.90. The first-order valence-electron chi connectivity index (χ1n) is 10.9. The highest BCUT2D eigenvalue weighted by atomic mass is 127. The van der Waals surface area contributed by atoms with Crippen molar-refractivity contribution in [2.75, 3.05) is 13.7 Å². The third-order valence-corrected chi connectivity index (χ3v) is 6.67. The number of fused-ring (bicyclic) bond motifs is 2. The van der Waals surface area contributed by atoms with Crippen molar-refractivity contribution in [2.45, 2.75) is 0 Å². The van der Waals surface area contributed by atoms with Gasteiger partial charge in [0.1, 0.15) is 12.2 Å². The SMILES string of the molecule is C=CCOc1c(I)cc(C=Nn2c(-c3cc4cc(Br)ccc4o3)nc3ccccc3c2=O)cc1OC. The lowest BCUT2D eigenvalue weighted by Gasteiger charge is -2.12. The molecule has 0 N–H and O–H groups in total. The number of benzene rings is 3. The molecule has 0 saturated heterocycles. The zero-order chi connectivity index (χ0) is 25.2. The summed E-state index contributed by atoms with van der Waals surface area (Å²) in [5, 5.41) is 5.87. The van der Waals surface area contributed by atoms with Gasteiger partial charge in [0.15, 0.2) is 17.3 Å². The molecule has 0 aliphatic rings. The first kappa shape index (κ1) is 24.3. The zero-order valence-corrected chi connectivity index (χ0v) is 22.8. The Morgan fingerprint density at radius 1 is 1.19 bits per heavy atom. The summed E-state index contributed by atoms with van der Waals surface area (Å²) in [5.41, 5.74) is 1.66. The van der Waals surface area contributed by atoms with E-state index in [1.165, 1.54) is 4.68 Å². The lowest BCUT2D eigenvalue weighted by atomic mass is 10.2. The highest BCUT2D eigenvalue weighted by Crippen LogP contribution is 2.34. The zero-order valence-electron chi connectivity index (χ0n) is 19.1. The molecule has 0 aliphatic carbocycles. The van der Waals surface area contributed by atoms with Crippen LogP contribution in [0.2, 0.25) is 0 Å². The van der Waals surface area contributed by atoms with Crippen LogP contribution in [0, 0.1) is 3.57 Å². The maximum Gasteiger partial charge on any atom is 0.282 e. The van der Waals surface area contributed by atoms with Crippen molar-refractivity contribution in [3.8, 4) is 23.1 Å². The van der Waals surface area contributed by atoms with E-state index in [4.69, 9.17) is 18.9 Å². The summed E-state index contributed by atoms with van der Waals surface area (Å²) < 4.78 is 20.3. The van der Waals surface area contributed by atoms with Crippen molar-refractivity contribution >= 4 is 66.6 Å². The van der Waals surface area contributed by atoms with Gasteiger partial charge in [-0.15, -0.1) is 0 Å². The molecule has 0 spiro atoms. The van der Waals surface area contributed by atoms with Crippen LogP contribution < -0.4 is 15.0 Å². The first-order valence-corrected chi connectivity index (χ1v) is 12.7. The third-order valence-electron chi connectivity index (χ3n) is 5.37. The molecule has 0 saturated carbocycles. The van der Waals surface area contributed by atoms with Crippen LogP contribution in [0.25, 0.3) is 33.5 Å². The predicted octanol–water partition coefficient (Wildman–Crippen LogP) is 6.63. The van der Waals surface area contributed by atoms with E-state index >= 15 is 0 Å². The Morgan fingerprint density at radius 3 is 2.83 bits per heavy atom. The molecule has 0 atom stereocenters. The van der Waals surface area contributed by atoms with Gasteiger partial charge in [-0.1, -0.05) is 40.7 Å². The maximum atomic E-state index is 13.5. The Kier molecular flexibility index (Phi) is 6.92. The van der Waals surface area contributed by atoms with E-state index in [2.05, 4.69) is 50.2 Å². The van der Waals surface area contributed by atoms with Crippen LogP contribution >= 0.6 is 38.5 Å². The van der Waals surface area contributed by atoms with Crippen molar-refractivity contribution in [3.63, 3.8) is 0 Å². The number of aromatic nitrogens is 2. The van der Waals surface area contributed by atoms with Gasteiger partial charge in [-0.25, -0.2) is 4.98 Å². The molecule has 0 amide bonds. The molecule has 0 aliphatic heterocycles. The number of furan rings is 1. The second-order valence-electron chi connectivity index (χ2n) is 7.74. The second-order valence-corrected chi connectivity index (χ2v) is 9.82. The number of hydrogen-bond donors (Lipinski definition) is 0. The molecular weight excluding hydrogens is 637 g/mol. The number of para-hydroxylation sites is 1. The molecule has 9 heteroatoms. The van der Waals surface area contributed by atoms with Crippen LogP contribution in [-0.4, -0.2) is 29.6 Å². The predicted molar refractivity (Wildman–Crippen MR) is 153 cm³/mol. The van der Waals surface area contributed by atoms with Gasteiger partial charge >= 0.3 is 0 Å². The van der Waals surface area contributed by atoms with E-state index in [0.717, 1.165) is 19.0 Å². The highest BCUT2D eigenvalue weighted by molar-refractivity contribution is 14.1. The van der Waals surface area contributed by atoms with Crippen LogP contribution in [0.4, 0.5) is 0 Å². The van der Waals surface area contributed by atoms with Crippen LogP contribution in [0.3, 0.4) is 0 Å². The quantitative estimate of drug-likeness (QED) is 0.112. The van der Waals surface area contributed by atoms with Gasteiger partial charge < -0.3 is 13.9 Å². The van der Waals surface area contributed by atoms with E-state index in [1.807, 2.05) is 36.4 Å². The Hall–Kier alpha value is -3.44. The molecule has 36 heavy (non-hydrogen) atoms. The third kappa shape index (κ3) is 4.68. The monoisotopic (exact) mass is 655 g/mol. The van der Waals surface area contributed by atoms with Gasteiger partial charge in [-0.3, -0.25) is 4.79 Å². The van der Waals surface area contributed by atoms with E-state index < -0.39 is 0 Å². The van der Waals surface area contributed by atoms with Crippen LogP contribution in [0.5, 0.6) is 11.5 Å². The van der Waals surface area contributed by atoms with Gasteiger partial charge in [-0.05, 0) is 76.7 Å². The second kappa shape index (κ2) is 10.3. The lowest BCUT2D eigenvalue weighted by molar-refractivity contribution is 0.324. The summed E-state index contributed by atoms with van der Waals surface area (Å²) in [6.45, 7) is 4.04. The Morgan fingerprint density at radius 2 is 2.03 bits per heavy atom. The number of halogens is 2. The number of hydrogen-bond acceptors (Lipinski definition) is 6. The van der Waals surface area contributed by atoms with E-state index in [9.17, 15) is 4.79 Å². The molecule has 5 rings (SSSR count). The normalized spacial score (nSPS) is 11.4. The van der Waals surface area contributed by atoms with Crippen molar-refractivity contribution in [1.82, 2.24) is 9.66 Å². The van der Waals surface area contributed by atoms with Crippen LogP contribution in [0.1, 0.15) is 5.56 Å². The Labute approximate surface area is 228 Å². The molecule has 2 aromatic heterocycles. The van der Waals surface area contributed by atoms with Gasteiger partial charge in [0, 0.05) is 9.86 Å². The first-order chi connectivity index (χ1) is 17.5. The molecule has 7 nitrogen and oxygen atoms in total. The molecule has 3 aromatic carbocycles. The summed E-state index contributed by atoms with van der Waals surface area (Å²) >= 11 is 5.66. The Bertz CT molecular complexity index is 1710. The number of ether oxygens (including phenoxy) is 2. The van der Waals surface area contributed by atoms with Crippen molar-refractivity contribution in [1.29, 1.82) is 0 Å². The molecular formula is C27H19BrIN3O4. The molecule has 180 valence electrons. The fourth-order valence-electron chi connectivity index (χ4n) is 3.74. The minimum absolute atomic E-state index is 0.301. The van der Waals surface area contributed by atoms with Crippen molar-refractivity contribution < 1.29 is 13.9 Å². The van der Waals surface area contributed by atoms with E-state index in [-0.39, 0.29) is 5.56 Å². The summed E-state index contributed by atoms with van der Waals surface area (Å²) in [6, 6.07) is 18.4. The molecule has 5 aromatic rings. The number of methoxy groups -OCH3 is 1. The average molecular weight is 656 g/mol. The van der Waals surface area contributed by atoms with Crippen molar-refractivity contribution in [2.24, 2.45) is 5.10 Å². The van der Waals surface area contributed by atoms with Gasteiger partial charge in [-0.2, -0.15) is 9.78 Å². The summed E-state index contributed by atoms with van der Waals surface area (Å²) in [6.07, 6.45) is 3.25. The summed E-state index contributed by atoms with van der Waals surface area (Å²) in [7, 11) is 1.57. The lowest BCUT2D eigenvalue weighted by Crippen LogP contribution is -2.20. The highest BCUT2D eigenvalue weighted by Gasteiger charge is 2.17. The van der Waals surface area contributed by atoms with Crippen molar-refractivity contribution in [3.05, 3.63) is 97.3 Å².